The molecule has 2 heterocycles. The molecule has 0 amide bonds. The van der Waals surface area contributed by atoms with E-state index in [9.17, 15) is 0 Å². The zero-order valence-corrected chi connectivity index (χ0v) is 12.3. The van der Waals surface area contributed by atoms with Crippen molar-refractivity contribution in [3.05, 3.63) is 17.5 Å². The predicted octanol–water partition coefficient (Wildman–Crippen LogP) is 2.07. The van der Waals surface area contributed by atoms with Crippen molar-refractivity contribution in [3.63, 3.8) is 0 Å². The SMILES string of the molecule is CCCN1CCC[C@@H]2Cc3nc(N)ncc3C[C@H]21.Cl. The number of hydrogen-bond donors (Lipinski definition) is 1. The minimum atomic E-state index is 0. The number of halogens is 1. The van der Waals surface area contributed by atoms with Crippen LogP contribution in [-0.4, -0.2) is 34.0 Å². The van der Waals surface area contributed by atoms with Crippen molar-refractivity contribution in [1.29, 1.82) is 0 Å². The standard InChI is InChI=1S/C14H22N4.ClH/c1-2-5-18-6-3-4-10-7-12-11(8-13(10)18)9-16-14(15)17-12;/h9-10,13H,2-8H2,1H3,(H2,15,16,17);1H/t10-,13-;/m1./s1. The summed E-state index contributed by atoms with van der Waals surface area (Å²) in [4.78, 5) is 11.2. The maximum absolute atomic E-state index is 5.69. The lowest BCUT2D eigenvalue weighted by Gasteiger charge is -2.44. The van der Waals surface area contributed by atoms with Crippen LogP contribution in [0.25, 0.3) is 0 Å². The smallest absolute Gasteiger partial charge is 0.220 e. The molecule has 0 radical (unpaired) electrons. The lowest BCUT2D eigenvalue weighted by molar-refractivity contribution is 0.0845. The van der Waals surface area contributed by atoms with Crippen LogP contribution in [0.5, 0.6) is 0 Å². The Bertz CT molecular complexity index is 435. The Morgan fingerprint density at radius 2 is 2.26 bits per heavy atom. The molecular formula is C14H23ClN4. The highest BCUT2D eigenvalue weighted by molar-refractivity contribution is 5.85. The Morgan fingerprint density at radius 1 is 1.42 bits per heavy atom. The highest BCUT2D eigenvalue weighted by atomic mass is 35.5. The van der Waals surface area contributed by atoms with Crippen molar-refractivity contribution in [3.8, 4) is 0 Å². The van der Waals surface area contributed by atoms with Crippen molar-refractivity contribution in [2.24, 2.45) is 5.92 Å². The average Bonchev–Trinajstić information content (AvgIpc) is 2.37. The topological polar surface area (TPSA) is 55.0 Å². The highest BCUT2D eigenvalue weighted by Gasteiger charge is 2.35. The molecule has 2 N–H and O–H groups in total. The molecule has 4 nitrogen and oxygen atoms in total. The summed E-state index contributed by atoms with van der Waals surface area (Å²) in [7, 11) is 0. The number of nitrogens with zero attached hydrogens (tertiary/aromatic N) is 3. The van der Waals surface area contributed by atoms with E-state index in [4.69, 9.17) is 5.73 Å². The van der Waals surface area contributed by atoms with Gasteiger partial charge in [-0.1, -0.05) is 6.92 Å². The molecular weight excluding hydrogens is 260 g/mol. The van der Waals surface area contributed by atoms with Crippen LogP contribution in [0.4, 0.5) is 5.95 Å². The number of hydrogen-bond acceptors (Lipinski definition) is 4. The van der Waals surface area contributed by atoms with Crippen molar-refractivity contribution < 1.29 is 0 Å². The molecule has 1 aromatic rings. The Labute approximate surface area is 121 Å². The Kier molecular flexibility index (Phi) is 4.63. The Morgan fingerprint density at radius 3 is 3.05 bits per heavy atom. The molecule has 1 aromatic heterocycles. The van der Waals surface area contributed by atoms with Crippen LogP contribution in [0.2, 0.25) is 0 Å². The van der Waals surface area contributed by atoms with Crippen molar-refractivity contribution in [1.82, 2.24) is 14.9 Å². The molecule has 19 heavy (non-hydrogen) atoms. The Hall–Kier alpha value is -0.870. The normalized spacial score (nSPS) is 26.2. The third-order valence-corrected chi connectivity index (χ3v) is 4.40. The van der Waals surface area contributed by atoms with E-state index in [0.29, 0.717) is 12.0 Å². The second kappa shape index (κ2) is 6.06. The number of piperidine rings is 1. The summed E-state index contributed by atoms with van der Waals surface area (Å²) < 4.78 is 0. The number of nitrogens with two attached hydrogens (primary N) is 1. The van der Waals surface area contributed by atoms with E-state index in [1.807, 2.05) is 6.20 Å². The van der Waals surface area contributed by atoms with Gasteiger partial charge < -0.3 is 5.73 Å². The third-order valence-electron chi connectivity index (χ3n) is 4.40. The van der Waals surface area contributed by atoms with E-state index in [1.165, 1.54) is 43.6 Å². The number of rotatable bonds is 2. The van der Waals surface area contributed by atoms with Crippen LogP contribution in [-0.2, 0) is 12.8 Å². The molecule has 2 atom stereocenters. The van der Waals surface area contributed by atoms with E-state index >= 15 is 0 Å². The lowest BCUT2D eigenvalue weighted by atomic mass is 9.77. The molecule has 0 aromatic carbocycles. The molecule has 2 aliphatic rings. The van der Waals surface area contributed by atoms with Crippen LogP contribution in [0.1, 0.15) is 37.4 Å². The summed E-state index contributed by atoms with van der Waals surface area (Å²) in [5, 5.41) is 0. The van der Waals surface area contributed by atoms with Gasteiger partial charge in [-0.25, -0.2) is 9.97 Å². The predicted molar refractivity (Wildman–Crippen MR) is 79.5 cm³/mol. The molecule has 1 fully saturated rings. The van der Waals surface area contributed by atoms with Gasteiger partial charge in [-0.15, -0.1) is 12.4 Å². The van der Waals surface area contributed by atoms with Gasteiger partial charge in [-0.3, -0.25) is 4.90 Å². The van der Waals surface area contributed by atoms with Gasteiger partial charge in [0.2, 0.25) is 5.95 Å². The summed E-state index contributed by atoms with van der Waals surface area (Å²) in [6.07, 6.45) is 8.06. The van der Waals surface area contributed by atoms with Crippen LogP contribution in [0.3, 0.4) is 0 Å². The number of nitrogen functional groups attached to an aromatic ring is 1. The van der Waals surface area contributed by atoms with Gasteiger partial charge in [-0.05, 0) is 56.7 Å². The van der Waals surface area contributed by atoms with Crippen LogP contribution in [0, 0.1) is 5.92 Å². The molecule has 0 unspecified atom stereocenters. The fourth-order valence-corrected chi connectivity index (χ4v) is 3.59. The quantitative estimate of drug-likeness (QED) is 0.902. The molecule has 0 spiro atoms. The van der Waals surface area contributed by atoms with Gasteiger partial charge in [0.15, 0.2) is 0 Å². The number of aromatic nitrogens is 2. The van der Waals surface area contributed by atoms with E-state index in [1.54, 1.807) is 0 Å². The number of anilines is 1. The van der Waals surface area contributed by atoms with E-state index < -0.39 is 0 Å². The monoisotopic (exact) mass is 282 g/mol. The van der Waals surface area contributed by atoms with Crippen LogP contribution in [0.15, 0.2) is 6.20 Å². The summed E-state index contributed by atoms with van der Waals surface area (Å²) in [6, 6.07) is 0.707. The molecule has 1 aliphatic heterocycles. The first kappa shape index (κ1) is 14.5. The second-order valence-corrected chi connectivity index (χ2v) is 5.61. The Balaban J connectivity index is 0.00000133. The first-order chi connectivity index (χ1) is 8.78. The molecule has 0 bridgehead atoms. The van der Waals surface area contributed by atoms with Crippen LogP contribution < -0.4 is 5.73 Å². The van der Waals surface area contributed by atoms with Crippen molar-refractivity contribution in [2.45, 2.75) is 45.1 Å². The van der Waals surface area contributed by atoms with Crippen molar-refractivity contribution in [2.75, 3.05) is 18.8 Å². The van der Waals surface area contributed by atoms with Gasteiger partial charge in [0.25, 0.3) is 0 Å². The minimum absolute atomic E-state index is 0. The summed E-state index contributed by atoms with van der Waals surface area (Å²) >= 11 is 0. The van der Waals surface area contributed by atoms with Gasteiger partial charge >= 0.3 is 0 Å². The molecule has 106 valence electrons. The fraction of sp³-hybridized carbons (Fsp3) is 0.714. The lowest BCUT2D eigenvalue weighted by Crippen LogP contribution is -2.49. The molecule has 5 heteroatoms. The van der Waals surface area contributed by atoms with Crippen LogP contribution >= 0.6 is 12.4 Å². The zero-order valence-electron chi connectivity index (χ0n) is 11.5. The second-order valence-electron chi connectivity index (χ2n) is 5.61. The van der Waals surface area contributed by atoms with Gasteiger partial charge in [0, 0.05) is 17.9 Å². The summed E-state index contributed by atoms with van der Waals surface area (Å²) in [6.45, 7) is 4.76. The zero-order chi connectivity index (χ0) is 12.5. The molecule has 1 saturated heterocycles. The van der Waals surface area contributed by atoms with E-state index in [2.05, 4.69) is 21.8 Å². The van der Waals surface area contributed by atoms with Gasteiger partial charge in [-0.2, -0.15) is 0 Å². The maximum atomic E-state index is 5.69. The van der Waals surface area contributed by atoms with Gasteiger partial charge in [0.1, 0.15) is 0 Å². The van der Waals surface area contributed by atoms with E-state index in [0.717, 1.165) is 18.8 Å². The largest absolute Gasteiger partial charge is 0.368 e. The first-order valence-electron chi connectivity index (χ1n) is 7.12. The fourth-order valence-electron chi connectivity index (χ4n) is 3.59. The number of likely N-dealkylation sites (tertiary alicyclic amines) is 1. The first-order valence-corrected chi connectivity index (χ1v) is 7.12. The van der Waals surface area contributed by atoms with Gasteiger partial charge in [0.05, 0.1) is 0 Å². The molecule has 3 rings (SSSR count). The summed E-state index contributed by atoms with van der Waals surface area (Å²) in [5.74, 6) is 1.19. The van der Waals surface area contributed by atoms with Crippen molar-refractivity contribution >= 4 is 18.4 Å². The average molecular weight is 283 g/mol. The molecule has 1 aliphatic carbocycles. The molecule has 0 saturated carbocycles. The summed E-state index contributed by atoms with van der Waals surface area (Å²) in [5.41, 5.74) is 8.20. The minimum Gasteiger partial charge on any atom is -0.368 e. The highest BCUT2D eigenvalue weighted by Crippen LogP contribution is 2.34. The van der Waals surface area contributed by atoms with E-state index in [-0.39, 0.29) is 12.4 Å². The third kappa shape index (κ3) is 2.84. The maximum Gasteiger partial charge on any atom is 0.220 e. The number of fused-ring (bicyclic) bond motifs is 2.